The van der Waals surface area contributed by atoms with E-state index in [1.54, 1.807) is 37.3 Å². The van der Waals surface area contributed by atoms with E-state index in [9.17, 15) is 13.2 Å². The number of esters is 1. The minimum absolute atomic E-state index is 0.0844. The minimum Gasteiger partial charge on any atom is -0.463 e. The molecule has 5 nitrogen and oxygen atoms in total. The molecule has 0 aliphatic heterocycles. The first-order valence-electron chi connectivity index (χ1n) is 7.08. The molecule has 0 N–H and O–H groups in total. The summed E-state index contributed by atoms with van der Waals surface area (Å²) in [5, 5.41) is 0. The van der Waals surface area contributed by atoms with Crippen LogP contribution in [0, 0.1) is 0 Å². The third-order valence-corrected chi connectivity index (χ3v) is 4.75. The predicted molar refractivity (Wildman–Crippen MR) is 87.2 cm³/mol. The molecule has 1 aromatic carbocycles. The van der Waals surface area contributed by atoms with Crippen molar-refractivity contribution >= 4 is 21.9 Å². The summed E-state index contributed by atoms with van der Waals surface area (Å²) >= 11 is 0. The fourth-order valence-corrected chi connectivity index (χ4v) is 3.26. The lowest BCUT2D eigenvalue weighted by molar-refractivity contribution is -0.137. The van der Waals surface area contributed by atoms with Crippen LogP contribution in [0.4, 0.5) is 0 Å². The zero-order valence-electron chi connectivity index (χ0n) is 12.7. The van der Waals surface area contributed by atoms with Crippen molar-refractivity contribution in [3.8, 4) is 0 Å². The van der Waals surface area contributed by atoms with Crippen molar-refractivity contribution < 1.29 is 17.9 Å². The topological polar surface area (TPSA) is 73.3 Å². The number of carbonyl (C=O) groups is 1. The molecule has 120 valence electrons. The second kappa shape index (κ2) is 7.69. The largest absolute Gasteiger partial charge is 0.463 e. The number of ether oxygens (including phenoxy) is 1. The van der Waals surface area contributed by atoms with E-state index in [2.05, 4.69) is 4.98 Å². The van der Waals surface area contributed by atoms with Gasteiger partial charge in [-0.3, -0.25) is 4.98 Å². The van der Waals surface area contributed by atoms with E-state index in [0.717, 1.165) is 5.56 Å². The Balaban J connectivity index is 2.07. The van der Waals surface area contributed by atoms with Gasteiger partial charge in [0.1, 0.15) is 0 Å². The van der Waals surface area contributed by atoms with Gasteiger partial charge in [-0.15, -0.1) is 0 Å². The SMILES string of the molecule is CCOC(=O)/C=C/c1ccc(CS(=O)(=O)c2ccncc2)cc1. The minimum atomic E-state index is -3.39. The van der Waals surface area contributed by atoms with E-state index >= 15 is 0 Å². The maximum Gasteiger partial charge on any atom is 0.330 e. The fourth-order valence-electron chi connectivity index (χ4n) is 1.93. The highest BCUT2D eigenvalue weighted by atomic mass is 32.2. The molecule has 0 fully saturated rings. The molecule has 0 aliphatic rings. The van der Waals surface area contributed by atoms with Crippen molar-refractivity contribution in [2.24, 2.45) is 0 Å². The Morgan fingerprint density at radius 1 is 1.13 bits per heavy atom. The normalized spacial score (nSPS) is 11.5. The van der Waals surface area contributed by atoms with Crippen LogP contribution in [-0.2, 0) is 25.1 Å². The molecule has 23 heavy (non-hydrogen) atoms. The number of sulfone groups is 1. The van der Waals surface area contributed by atoms with Crippen LogP contribution < -0.4 is 0 Å². The molecule has 0 radical (unpaired) electrons. The second-order valence-corrected chi connectivity index (χ2v) is 6.76. The van der Waals surface area contributed by atoms with Gasteiger partial charge in [-0.2, -0.15) is 0 Å². The quantitative estimate of drug-likeness (QED) is 0.601. The molecule has 0 spiro atoms. The van der Waals surface area contributed by atoms with Crippen LogP contribution in [0.25, 0.3) is 6.08 Å². The van der Waals surface area contributed by atoms with Crippen LogP contribution in [0.5, 0.6) is 0 Å². The Kier molecular flexibility index (Phi) is 5.65. The molecule has 1 heterocycles. The molecule has 6 heteroatoms. The van der Waals surface area contributed by atoms with Crippen molar-refractivity contribution in [3.05, 3.63) is 66.0 Å². The number of rotatable bonds is 6. The van der Waals surface area contributed by atoms with Gasteiger partial charge in [0.25, 0.3) is 0 Å². The standard InChI is InChI=1S/C17H17NO4S/c1-2-22-17(19)8-7-14-3-5-15(6-4-14)13-23(20,21)16-9-11-18-12-10-16/h3-12H,2,13H2,1H3/b8-7+. The Hall–Kier alpha value is -2.47. The number of carbonyl (C=O) groups excluding carboxylic acids is 1. The van der Waals surface area contributed by atoms with Crippen molar-refractivity contribution in [2.75, 3.05) is 6.61 Å². The Morgan fingerprint density at radius 2 is 1.78 bits per heavy atom. The van der Waals surface area contributed by atoms with Gasteiger partial charge in [-0.05, 0) is 36.3 Å². The number of hydrogen-bond donors (Lipinski definition) is 0. The van der Waals surface area contributed by atoms with Gasteiger partial charge in [-0.1, -0.05) is 24.3 Å². The summed E-state index contributed by atoms with van der Waals surface area (Å²) in [4.78, 5) is 15.3. The first-order chi connectivity index (χ1) is 11.0. The van der Waals surface area contributed by atoms with E-state index < -0.39 is 15.8 Å². The molecule has 0 unspecified atom stereocenters. The molecule has 0 aliphatic carbocycles. The average molecular weight is 331 g/mol. The number of nitrogens with zero attached hydrogens (tertiary/aromatic N) is 1. The van der Waals surface area contributed by atoms with Gasteiger partial charge in [0.15, 0.2) is 9.84 Å². The van der Waals surface area contributed by atoms with Crippen molar-refractivity contribution in [2.45, 2.75) is 17.6 Å². The highest BCUT2D eigenvalue weighted by Gasteiger charge is 2.14. The first-order valence-corrected chi connectivity index (χ1v) is 8.73. The molecule has 2 aromatic rings. The van der Waals surface area contributed by atoms with Crippen LogP contribution in [0.1, 0.15) is 18.1 Å². The summed E-state index contributed by atoms with van der Waals surface area (Å²) in [5.74, 6) is -0.490. The van der Waals surface area contributed by atoms with Gasteiger partial charge < -0.3 is 4.74 Å². The van der Waals surface area contributed by atoms with Crippen molar-refractivity contribution in [1.29, 1.82) is 0 Å². The molecule has 0 atom stereocenters. The summed E-state index contributed by atoms with van der Waals surface area (Å²) in [7, 11) is -3.39. The Morgan fingerprint density at radius 3 is 2.39 bits per heavy atom. The zero-order valence-corrected chi connectivity index (χ0v) is 13.5. The van der Waals surface area contributed by atoms with Crippen LogP contribution in [0.15, 0.2) is 59.8 Å². The summed E-state index contributed by atoms with van der Waals surface area (Å²) in [6.07, 6.45) is 5.87. The van der Waals surface area contributed by atoms with Crippen LogP contribution >= 0.6 is 0 Å². The fraction of sp³-hybridized carbons (Fsp3) is 0.176. The van der Waals surface area contributed by atoms with E-state index in [0.29, 0.717) is 12.2 Å². The average Bonchev–Trinajstić information content (AvgIpc) is 2.55. The Bertz CT molecular complexity index is 781. The lowest BCUT2D eigenvalue weighted by Gasteiger charge is -2.05. The lowest BCUT2D eigenvalue weighted by atomic mass is 10.1. The predicted octanol–water partition coefficient (Wildman–Crippen LogP) is 2.63. The zero-order chi connectivity index (χ0) is 16.7. The highest BCUT2D eigenvalue weighted by molar-refractivity contribution is 7.90. The first kappa shape index (κ1) is 16.9. The molecule has 0 bridgehead atoms. The van der Waals surface area contributed by atoms with Crippen molar-refractivity contribution in [1.82, 2.24) is 4.98 Å². The van der Waals surface area contributed by atoms with Gasteiger partial charge in [0.2, 0.25) is 0 Å². The van der Waals surface area contributed by atoms with Crippen LogP contribution in [-0.4, -0.2) is 26.0 Å². The summed E-state index contributed by atoms with van der Waals surface area (Å²) in [5.41, 5.74) is 1.47. The van der Waals surface area contributed by atoms with E-state index in [1.165, 1.54) is 30.6 Å². The number of hydrogen-bond acceptors (Lipinski definition) is 5. The lowest BCUT2D eigenvalue weighted by Crippen LogP contribution is -2.04. The third-order valence-electron chi connectivity index (χ3n) is 3.04. The van der Waals surface area contributed by atoms with Gasteiger partial charge in [-0.25, -0.2) is 13.2 Å². The smallest absolute Gasteiger partial charge is 0.330 e. The highest BCUT2D eigenvalue weighted by Crippen LogP contribution is 2.16. The second-order valence-electron chi connectivity index (χ2n) is 4.77. The van der Waals surface area contributed by atoms with Gasteiger partial charge >= 0.3 is 5.97 Å². The van der Waals surface area contributed by atoms with Crippen molar-refractivity contribution in [3.63, 3.8) is 0 Å². The molecule has 0 saturated heterocycles. The molecular formula is C17H17NO4S. The maximum absolute atomic E-state index is 12.3. The number of benzene rings is 1. The van der Waals surface area contributed by atoms with E-state index in [-0.39, 0.29) is 10.6 Å². The summed E-state index contributed by atoms with van der Waals surface area (Å²) in [6, 6.07) is 9.92. The summed E-state index contributed by atoms with van der Waals surface area (Å²) < 4.78 is 29.3. The monoisotopic (exact) mass is 331 g/mol. The molecule has 2 rings (SSSR count). The third kappa shape index (κ3) is 5.03. The van der Waals surface area contributed by atoms with Crippen LogP contribution in [0.2, 0.25) is 0 Å². The maximum atomic E-state index is 12.3. The van der Waals surface area contributed by atoms with E-state index in [4.69, 9.17) is 4.74 Å². The van der Waals surface area contributed by atoms with Gasteiger partial charge in [0.05, 0.1) is 17.3 Å². The summed E-state index contributed by atoms with van der Waals surface area (Å²) in [6.45, 7) is 2.07. The molecular weight excluding hydrogens is 314 g/mol. The van der Waals surface area contributed by atoms with E-state index in [1.807, 2.05) is 0 Å². The van der Waals surface area contributed by atoms with Gasteiger partial charge in [0, 0.05) is 18.5 Å². The number of aromatic nitrogens is 1. The molecule has 0 saturated carbocycles. The number of pyridine rings is 1. The molecule has 1 aromatic heterocycles. The van der Waals surface area contributed by atoms with Crippen LogP contribution in [0.3, 0.4) is 0 Å². The Labute approximate surface area is 135 Å². The molecule has 0 amide bonds.